The molecule has 1 rings (SSSR count). The lowest BCUT2D eigenvalue weighted by Crippen LogP contribution is -2.12. The number of phenols is 1. The van der Waals surface area contributed by atoms with Gasteiger partial charge in [-0.15, -0.1) is 0 Å². The van der Waals surface area contributed by atoms with Gasteiger partial charge >= 0.3 is 0 Å². The summed E-state index contributed by atoms with van der Waals surface area (Å²) >= 11 is 0. The van der Waals surface area contributed by atoms with Crippen LogP contribution >= 0.6 is 0 Å². The zero-order chi connectivity index (χ0) is 12.0. The number of nitrogens with one attached hydrogen (secondary N) is 1. The van der Waals surface area contributed by atoms with E-state index in [0.29, 0.717) is 12.4 Å². The van der Waals surface area contributed by atoms with E-state index in [-0.39, 0.29) is 11.7 Å². The molecule has 0 aliphatic heterocycles. The zero-order valence-electron chi connectivity index (χ0n) is 9.23. The number of hydrogen-bond donors (Lipinski definition) is 2. The lowest BCUT2D eigenvalue weighted by molar-refractivity contribution is -0.118. The SMILES string of the molecule is CCOc1cc(/C=N/NC(C)=O)ccc1O. The van der Waals surface area contributed by atoms with Gasteiger partial charge in [0.15, 0.2) is 11.5 Å². The Labute approximate surface area is 93.7 Å². The molecule has 16 heavy (non-hydrogen) atoms. The van der Waals surface area contributed by atoms with Crippen LogP contribution in [-0.2, 0) is 4.79 Å². The van der Waals surface area contributed by atoms with Crippen molar-refractivity contribution >= 4 is 12.1 Å². The van der Waals surface area contributed by atoms with Crippen LogP contribution in [0.1, 0.15) is 19.4 Å². The average Bonchev–Trinajstić information content (AvgIpc) is 2.22. The van der Waals surface area contributed by atoms with Crippen LogP contribution < -0.4 is 10.2 Å². The lowest BCUT2D eigenvalue weighted by Gasteiger charge is -2.05. The Morgan fingerprint density at radius 1 is 1.62 bits per heavy atom. The molecule has 0 heterocycles. The van der Waals surface area contributed by atoms with Crippen LogP contribution in [0.2, 0.25) is 0 Å². The van der Waals surface area contributed by atoms with Gasteiger partial charge in [-0.3, -0.25) is 4.79 Å². The molecular formula is C11H14N2O3. The van der Waals surface area contributed by atoms with Crippen LogP contribution in [0.3, 0.4) is 0 Å². The van der Waals surface area contributed by atoms with E-state index in [0.717, 1.165) is 5.56 Å². The minimum atomic E-state index is -0.236. The predicted molar refractivity (Wildman–Crippen MR) is 60.7 cm³/mol. The third-order valence-electron chi connectivity index (χ3n) is 1.72. The topological polar surface area (TPSA) is 70.9 Å². The van der Waals surface area contributed by atoms with Gasteiger partial charge in [0.25, 0.3) is 0 Å². The Morgan fingerprint density at radius 2 is 2.38 bits per heavy atom. The Bertz CT molecular complexity index is 402. The molecule has 2 N–H and O–H groups in total. The summed E-state index contributed by atoms with van der Waals surface area (Å²) in [6.07, 6.45) is 1.48. The molecule has 1 aromatic carbocycles. The summed E-state index contributed by atoms with van der Waals surface area (Å²) in [5, 5.41) is 13.2. The molecule has 0 fully saturated rings. The number of amides is 1. The molecule has 1 amide bonds. The van der Waals surface area contributed by atoms with Gasteiger partial charge < -0.3 is 9.84 Å². The normalized spacial score (nSPS) is 10.4. The van der Waals surface area contributed by atoms with Crippen LogP contribution in [0.5, 0.6) is 11.5 Å². The number of hydrogen-bond acceptors (Lipinski definition) is 4. The summed E-state index contributed by atoms with van der Waals surface area (Å²) in [4.78, 5) is 10.6. The van der Waals surface area contributed by atoms with Gasteiger partial charge in [0.05, 0.1) is 12.8 Å². The summed E-state index contributed by atoms with van der Waals surface area (Å²) in [5.74, 6) is 0.243. The zero-order valence-corrected chi connectivity index (χ0v) is 9.23. The Balaban J connectivity index is 2.77. The van der Waals surface area contributed by atoms with Gasteiger partial charge in [-0.2, -0.15) is 5.10 Å². The van der Waals surface area contributed by atoms with Gasteiger partial charge in [0, 0.05) is 6.92 Å². The number of ether oxygens (including phenoxy) is 1. The standard InChI is InChI=1S/C11H14N2O3/c1-3-16-11-6-9(4-5-10(11)15)7-12-13-8(2)14/h4-7,15H,3H2,1-2H3,(H,13,14)/b12-7+. The highest BCUT2D eigenvalue weighted by molar-refractivity contribution is 5.82. The summed E-state index contributed by atoms with van der Waals surface area (Å²) in [5.41, 5.74) is 3.02. The van der Waals surface area contributed by atoms with Crippen LogP contribution in [0.4, 0.5) is 0 Å². The number of benzene rings is 1. The van der Waals surface area contributed by atoms with Crippen LogP contribution in [0.15, 0.2) is 23.3 Å². The molecule has 0 radical (unpaired) electrons. The van der Waals surface area contributed by atoms with Gasteiger partial charge in [0.2, 0.25) is 5.91 Å². The van der Waals surface area contributed by atoms with Crippen molar-refractivity contribution < 1.29 is 14.6 Å². The molecule has 0 atom stereocenters. The second-order valence-electron chi connectivity index (χ2n) is 3.09. The Kier molecular flexibility index (Phi) is 4.32. The van der Waals surface area contributed by atoms with Gasteiger partial charge in [-0.25, -0.2) is 5.43 Å². The summed E-state index contributed by atoms with van der Waals surface area (Å²) in [6.45, 7) is 3.68. The van der Waals surface area contributed by atoms with E-state index in [9.17, 15) is 9.90 Å². The largest absolute Gasteiger partial charge is 0.504 e. The van der Waals surface area contributed by atoms with Crippen molar-refractivity contribution in [1.29, 1.82) is 0 Å². The number of carbonyl (C=O) groups excluding carboxylic acids is 1. The maximum Gasteiger partial charge on any atom is 0.236 e. The molecule has 0 bridgehead atoms. The summed E-state index contributed by atoms with van der Waals surface area (Å²) in [6, 6.07) is 4.83. The second kappa shape index (κ2) is 5.75. The molecule has 5 nitrogen and oxygen atoms in total. The maximum absolute atomic E-state index is 10.6. The third kappa shape index (κ3) is 3.61. The van der Waals surface area contributed by atoms with Crippen LogP contribution in [0, 0.1) is 0 Å². The number of phenolic OH excluding ortho intramolecular Hbond substituents is 1. The minimum Gasteiger partial charge on any atom is -0.504 e. The predicted octanol–water partition coefficient (Wildman–Crippen LogP) is 1.26. The third-order valence-corrected chi connectivity index (χ3v) is 1.72. The van der Waals surface area contributed by atoms with Crippen molar-refractivity contribution in [3.8, 4) is 11.5 Å². The minimum absolute atomic E-state index is 0.0820. The van der Waals surface area contributed by atoms with Crippen molar-refractivity contribution in [2.24, 2.45) is 5.10 Å². The highest BCUT2D eigenvalue weighted by Crippen LogP contribution is 2.25. The fraction of sp³-hybridized carbons (Fsp3) is 0.273. The number of rotatable bonds is 4. The fourth-order valence-corrected chi connectivity index (χ4v) is 1.08. The molecule has 0 unspecified atom stereocenters. The van der Waals surface area contributed by atoms with Crippen molar-refractivity contribution in [2.75, 3.05) is 6.61 Å². The summed E-state index contributed by atoms with van der Waals surface area (Å²) < 4.78 is 5.21. The molecule has 1 aromatic rings. The summed E-state index contributed by atoms with van der Waals surface area (Å²) in [7, 11) is 0. The van der Waals surface area contributed by atoms with Crippen molar-refractivity contribution in [1.82, 2.24) is 5.43 Å². The number of aromatic hydroxyl groups is 1. The van der Waals surface area contributed by atoms with E-state index in [4.69, 9.17) is 4.74 Å². The molecule has 86 valence electrons. The first kappa shape index (κ1) is 12.0. The second-order valence-corrected chi connectivity index (χ2v) is 3.09. The highest BCUT2D eigenvalue weighted by Gasteiger charge is 2.01. The van der Waals surface area contributed by atoms with E-state index in [2.05, 4.69) is 10.5 Å². The molecule has 5 heteroatoms. The first-order valence-corrected chi connectivity index (χ1v) is 4.89. The molecule has 0 saturated carbocycles. The average molecular weight is 222 g/mol. The van der Waals surface area contributed by atoms with Crippen molar-refractivity contribution in [2.45, 2.75) is 13.8 Å². The monoisotopic (exact) mass is 222 g/mol. The van der Waals surface area contributed by atoms with Gasteiger partial charge in [-0.1, -0.05) is 0 Å². The highest BCUT2D eigenvalue weighted by atomic mass is 16.5. The van der Waals surface area contributed by atoms with Gasteiger partial charge in [-0.05, 0) is 30.7 Å². The van der Waals surface area contributed by atoms with E-state index in [1.54, 1.807) is 12.1 Å². The Hall–Kier alpha value is -2.04. The molecule has 0 aliphatic rings. The molecule has 0 saturated heterocycles. The number of hydrazone groups is 1. The quantitative estimate of drug-likeness (QED) is 0.595. The van der Waals surface area contributed by atoms with E-state index in [1.807, 2.05) is 6.92 Å². The molecular weight excluding hydrogens is 208 g/mol. The van der Waals surface area contributed by atoms with Crippen LogP contribution in [0.25, 0.3) is 0 Å². The van der Waals surface area contributed by atoms with Gasteiger partial charge in [0.1, 0.15) is 0 Å². The van der Waals surface area contributed by atoms with E-state index >= 15 is 0 Å². The number of carbonyl (C=O) groups is 1. The fourth-order valence-electron chi connectivity index (χ4n) is 1.08. The lowest BCUT2D eigenvalue weighted by atomic mass is 10.2. The van der Waals surface area contributed by atoms with Crippen LogP contribution in [-0.4, -0.2) is 23.8 Å². The van der Waals surface area contributed by atoms with E-state index in [1.165, 1.54) is 19.2 Å². The van der Waals surface area contributed by atoms with Crippen molar-refractivity contribution in [3.05, 3.63) is 23.8 Å². The van der Waals surface area contributed by atoms with E-state index < -0.39 is 0 Å². The first-order valence-electron chi connectivity index (χ1n) is 4.89. The smallest absolute Gasteiger partial charge is 0.236 e. The van der Waals surface area contributed by atoms with Crippen molar-refractivity contribution in [3.63, 3.8) is 0 Å². The first-order chi connectivity index (χ1) is 7.63. The Morgan fingerprint density at radius 3 is 3.00 bits per heavy atom. The number of nitrogens with zero attached hydrogens (tertiary/aromatic N) is 1. The molecule has 0 aromatic heterocycles. The molecule has 0 aliphatic carbocycles. The molecule has 0 spiro atoms. The maximum atomic E-state index is 10.6.